The Balaban J connectivity index is 1.32. The van der Waals surface area contributed by atoms with E-state index in [-0.39, 0.29) is 17.1 Å². The Hall–Kier alpha value is -4.12. The Morgan fingerprint density at radius 1 is 0.884 bits per heavy atom. The lowest BCUT2D eigenvalue weighted by atomic mass is 9.82. The number of aliphatic imine (C=N–C) groups is 1. The predicted molar refractivity (Wildman–Crippen MR) is 176 cm³/mol. The van der Waals surface area contributed by atoms with Crippen molar-refractivity contribution in [3.05, 3.63) is 94.7 Å². The minimum Gasteiger partial charge on any atom is -0.472 e. The molecular weight excluding hydrogens is 530 g/mol. The first-order valence-corrected chi connectivity index (χ1v) is 15.6. The van der Waals surface area contributed by atoms with E-state index in [2.05, 4.69) is 114 Å². The van der Waals surface area contributed by atoms with Crippen molar-refractivity contribution in [3.8, 4) is 17.3 Å². The Kier molecular flexibility index (Phi) is 6.42. The maximum Gasteiger partial charge on any atom is 0.217 e. The second-order valence-corrected chi connectivity index (χ2v) is 13.8. The van der Waals surface area contributed by atoms with E-state index in [9.17, 15) is 0 Å². The van der Waals surface area contributed by atoms with Crippen molar-refractivity contribution in [2.45, 2.75) is 91.2 Å². The summed E-state index contributed by atoms with van der Waals surface area (Å²) >= 11 is 0. The molecule has 1 aliphatic carbocycles. The van der Waals surface area contributed by atoms with Crippen LogP contribution in [0.4, 0.5) is 0 Å². The van der Waals surface area contributed by atoms with Gasteiger partial charge in [0.2, 0.25) is 5.90 Å². The van der Waals surface area contributed by atoms with Gasteiger partial charge in [0, 0.05) is 28.6 Å². The molecule has 43 heavy (non-hydrogen) atoms. The van der Waals surface area contributed by atoms with Gasteiger partial charge in [-0.05, 0) is 112 Å². The standard InChI is InChI=1S/C38H41N3O2/c1-23-11-14-31-30(18-23)28-13-12-27(21-32(28)41(31)35-20-26(15-17-39-35)37(4,5)6)42-33-22-29(24(2)19-25(33)3)36-40-38(7)16-9-8-10-34(38)43-36/h11-15,17-22,34H,8-10,16H2,1-7H3/t34-,38-/m0/s1. The monoisotopic (exact) mass is 571 g/mol. The fraction of sp³-hybridized carbons (Fsp3) is 0.368. The number of fused-ring (bicyclic) bond motifs is 4. The third-order valence-electron chi connectivity index (χ3n) is 9.42. The second-order valence-electron chi connectivity index (χ2n) is 13.8. The van der Waals surface area contributed by atoms with Crippen LogP contribution in [0.15, 0.2) is 71.9 Å². The molecule has 2 atom stereocenters. The molecule has 3 heterocycles. The molecule has 5 nitrogen and oxygen atoms in total. The van der Waals surface area contributed by atoms with Crippen LogP contribution in [0.1, 0.15) is 81.2 Å². The number of pyridine rings is 1. The van der Waals surface area contributed by atoms with Gasteiger partial charge in [0.1, 0.15) is 23.4 Å². The summed E-state index contributed by atoms with van der Waals surface area (Å²) in [5.41, 5.74) is 7.84. The van der Waals surface area contributed by atoms with Crippen LogP contribution in [-0.2, 0) is 10.2 Å². The number of aromatic nitrogens is 2. The average Bonchev–Trinajstić information content (AvgIpc) is 3.48. The fourth-order valence-corrected chi connectivity index (χ4v) is 6.85. The van der Waals surface area contributed by atoms with E-state index in [0.717, 1.165) is 63.8 Å². The number of benzene rings is 3. The van der Waals surface area contributed by atoms with Gasteiger partial charge >= 0.3 is 0 Å². The van der Waals surface area contributed by atoms with Crippen LogP contribution < -0.4 is 4.74 Å². The summed E-state index contributed by atoms with van der Waals surface area (Å²) in [6.45, 7) is 15.3. The highest BCUT2D eigenvalue weighted by molar-refractivity contribution is 6.09. The highest BCUT2D eigenvalue weighted by Crippen LogP contribution is 2.41. The Labute approximate surface area is 254 Å². The van der Waals surface area contributed by atoms with Crippen molar-refractivity contribution in [2.24, 2.45) is 4.99 Å². The molecular formula is C38H41N3O2. The van der Waals surface area contributed by atoms with Gasteiger partial charge in [0.25, 0.3) is 0 Å². The van der Waals surface area contributed by atoms with E-state index in [1.807, 2.05) is 6.20 Å². The zero-order chi connectivity index (χ0) is 30.1. The molecule has 0 unspecified atom stereocenters. The summed E-state index contributed by atoms with van der Waals surface area (Å²) in [4.78, 5) is 9.96. The molecule has 2 aliphatic rings. The smallest absolute Gasteiger partial charge is 0.217 e. The van der Waals surface area contributed by atoms with Crippen molar-refractivity contribution in [2.75, 3.05) is 0 Å². The molecule has 3 aromatic carbocycles. The normalized spacial score (nSPS) is 20.3. The Morgan fingerprint density at radius 3 is 2.51 bits per heavy atom. The van der Waals surface area contributed by atoms with Gasteiger partial charge in [0.05, 0.1) is 16.6 Å². The first-order valence-electron chi connectivity index (χ1n) is 15.6. The van der Waals surface area contributed by atoms with Crippen molar-refractivity contribution < 1.29 is 9.47 Å². The predicted octanol–water partition coefficient (Wildman–Crippen LogP) is 9.67. The van der Waals surface area contributed by atoms with Crippen LogP contribution >= 0.6 is 0 Å². The molecule has 1 saturated carbocycles. The first kappa shape index (κ1) is 27.7. The van der Waals surface area contributed by atoms with E-state index in [1.54, 1.807) is 0 Å². The number of nitrogens with zero attached hydrogens (tertiary/aromatic N) is 3. The van der Waals surface area contributed by atoms with Crippen molar-refractivity contribution >= 4 is 27.7 Å². The number of ether oxygens (including phenoxy) is 2. The second kappa shape index (κ2) is 9.97. The molecule has 1 aliphatic heterocycles. The van der Waals surface area contributed by atoms with E-state index in [4.69, 9.17) is 19.5 Å². The SMILES string of the molecule is Cc1ccc2c(c1)c1ccc(Oc3cc(C4=N[C@@]5(C)CCCC[C@@H]5O4)c(C)cc3C)cc1n2-c1cc(C(C)(C)C)ccn1. The van der Waals surface area contributed by atoms with Crippen LogP contribution in [0.2, 0.25) is 0 Å². The quantitative estimate of drug-likeness (QED) is 0.216. The van der Waals surface area contributed by atoms with Gasteiger partial charge in [-0.2, -0.15) is 0 Å². The van der Waals surface area contributed by atoms with Gasteiger partial charge < -0.3 is 9.47 Å². The molecule has 5 aromatic rings. The van der Waals surface area contributed by atoms with Crippen molar-refractivity contribution in [1.29, 1.82) is 0 Å². The summed E-state index contributed by atoms with van der Waals surface area (Å²) in [5, 5.41) is 2.39. The minimum absolute atomic E-state index is 0.0184. The molecule has 220 valence electrons. The molecule has 1 fully saturated rings. The summed E-state index contributed by atoms with van der Waals surface area (Å²) in [6, 6.07) is 21.7. The number of hydrogen-bond acceptors (Lipinski definition) is 4. The molecule has 0 spiro atoms. The molecule has 0 amide bonds. The van der Waals surface area contributed by atoms with Crippen molar-refractivity contribution in [3.63, 3.8) is 0 Å². The van der Waals surface area contributed by atoms with Gasteiger partial charge in [-0.15, -0.1) is 0 Å². The Bertz CT molecular complexity index is 1930. The summed E-state index contributed by atoms with van der Waals surface area (Å²) < 4.78 is 15.4. The van der Waals surface area contributed by atoms with E-state index in [0.29, 0.717) is 0 Å². The molecule has 0 radical (unpaired) electrons. The summed E-state index contributed by atoms with van der Waals surface area (Å²) in [5.74, 6) is 3.27. The van der Waals surface area contributed by atoms with E-state index >= 15 is 0 Å². The largest absolute Gasteiger partial charge is 0.472 e. The van der Waals surface area contributed by atoms with Crippen LogP contribution in [0.5, 0.6) is 11.5 Å². The van der Waals surface area contributed by atoms with Gasteiger partial charge in [-0.3, -0.25) is 4.57 Å². The topological polar surface area (TPSA) is 48.6 Å². The fourth-order valence-electron chi connectivity index (χ4n) is 6.85. The number of aryl methyl sites for hydroxylation is 3. The molecule has 7 rings (SSSR count). The van der Waals surface area contributed by atoms with E-state index in [1.165, 1.54) is 34.7 Å². The molecule has 5 heteroatoms. The first-order chi connectivity index (χ1) is 20.5. The summed E-state index contributed by atoms with van der Waals surface area (Å²) in [6.07, 6.45) is 6.65. The molecule has 0 bridgehead atoms. The number of rotatable bonds is 4. The van der Waals surface area contributed by atoms with Gasteiger partial charge in [-0.1, -0.05) is 44.9 Å². The van der Waals surface area contributed by atoms with Crippen LogP contribution in [0.3, 0.4) is 0 Å². The van der Waals surface area contributed by atoms with Crippen molar-refractivity contribution in [1.82, 2.24) is 9.55 Å². The molecule has 0 saturated heterocycles. The lowest BCUT2D eigenvalue weighted by Gasteiger charge is -2.31. The van der Waals surface area contributed by atoms with Crippen LogP contribution in [0, 0.1) is 20.8 Å². The maximum atomic E-state index is 6.66. The zero-order valence-electron chi connectivity index (χ0n) is 26.4. The minimum atomic E-state index is -0.124. The lowest BCUT2D eigenvalue weighted by Crippen LogP contribution is -2.37. The van der Waals surface area contributed by atoms with Crippen LogP contribution in [0.25, 0.3) is 27.6 Å². The molecule has 0 N–H and O–H groups in total. The third-order valence-corrected chi connectivity index (χ3v) is 9.42. The van der Waals surface area contributed by atoms with Gasteiger partial charge in [0.15, 0.2) is 0 Å². The average molecular weight is 572 g/mol. The van der Waals surface area contributed by atoms with Crippen LogP contribution in [-0.4, -0.2) is 27.1 Å². The van der Waals surface area contributed by atoms with E-state index < -0.39 is 0 Å². The highest BCUT2D eigenvalue weighted by Gasteiger charge is 2.44. The lowest BCUT2D eigenvalue weighted by molar-refractivity contribution is 0.104. The third kappa shape index (κ3) is 4.79. The molecule has 2 aromatic heterocycles. The summed E-state index contributed by atoms with van der Waals surface area (Å²) in [7, 11) is 0. The number of hydrogen-bond donors (Lipinski definition) is 0. The van der Waals surface area contributed by atoms with Gasteiger partial charge in [-0.25, -0.2) is 9.98 Å². The zero-order valence-corrected chi connectivity index (χ0v) is 26.4. The highest BCUT2D eigenvalue weighted by atomic mass is 16.5. The Morgan fingerprint density at radius 2 is 1.72 bits per heavy atom. The maximum absolute atomic E-state index is 6.66.